The van der Waals surface area contributed by atoms with E-state index in [1.54, 1.807) is 13.0 Å². The molecule has 3 unspecified atom stereocenters. The Kier molecular flexibility index (Phi) is 10.4. The third-order valence-electron chi connectivity index (χ3n) is 7.35. The molecule has 0 saturated heterocycles. The van der Waals surface area contributed by atoms with Crippen LogP contribution in [0.5, 0.6) is 0 Å². The lowest BCUT2D eigenvalue weighted by atomic mass is 9.90. The summed E-state index contributed by atoms with van der Waals surface area (Å²) in [5.41, 5.74) is 6.41. The van der Waals surface area contributed by atoms with Crippen LogP contribution < -0.4 is 10.6 Å². The number of anilines is 1. The molecule has 0 radical (unpaired) electrons. The highest BCUT2D eigenvalue weighted by atomic mass is 35.5. The molecule has 1 aromatic carbocycles. The molecule has 12 nitrogen and oxygen atoms in total. The number of carbonyl (C=O) groups excluding carboxylic acids is 1. The summed E-state index contributed by atoms with van der Waals surface area (Å²) in [5, 5.41) is 8.05. The van der Waals surface area contributed by atoms with Crippen LogP contribution in [0.2, 0.25) is 5.02 Å². The first kappa shape index (κ1) is 34.6. The monoisotopic (exact) mass is 674 g/mol. The number of hydrogen-bond donors (Lipinski definition) is 1. The lowest BCUT2D eigenvalue weighted by Crippen LogP contribution is -2.38. The van der Waals surface area contributed by atoms with Crippen molar-refractivity contribution >= 4 is 33.4 Å². The molecule has 1 fully saturated rings. The zero-order valence-corrected chi connectivity index (χ0v) is 26.6. The van der Waals surface area contributed by atoms with E-state index < -0.39 is 34.3 Å². The van der Waals surface area contributed by atoms with E-state index in [9.17, 15) is 26.4 Å². The molecule has 3 aromatic rings. The van der Waals surface area contributed by atoms with Gasteiger partial charge < -0.3 is 24.6 Å². The number of pyridine rings is 1. The average molecular weight is 675 g/mol. The van der Waals surface area contributed by atoms with Gasteiger partial charge in [0.1, 0.15) is 5.82 Å². The third-order valence-corrected chi connectivity index (χ3v) is 8.71. The Labute approximate surface area is 263 Å². The van der Waals surface area contributed by atoms with Gasteiger partial charge in [0.25, 0.3) is 0 Å². The topological polar surface area (TPSA) is 154 Å². The molecular weight excluding hydrogens is 641 g/mol. The minimum absolute atomic E-state index is 0.0616. The lowest BCUT2D eigenvalue weighted by Gasteiger charge is -2.26. The highest BCUT2D eigenvalue weighted by Crippen LogP contribution is 2.40. The number of nitrogens with zero attached hydrogens (tertiary/aromatic N) is 5. The Balaban J connectivity index is 1.76. The van der Waals surface area contributed by atoms with Crippen molar-refractivity contribution in [3.63, 3.8) is 0 Å². The minimum Gasteiger partial charge on any atom is -0.421 e. The van der Waals surface area contributed by atoms with Crippen molar-refractivity contribution in [3.05, 3.63) is 58.6 Å². The van der Waals surface area contributed by atoms with Crippen molar-refractivity contribution in [1.29, 1.82) is 0 Å². The number of sulfonamides is 1. The quantitative estimate of drug-likeness (QED) is 0.246. The van der Waals surface area contributed by atoms with Gasteiger partial charge in [0.05, 0.1) is 35.7 Å². The molecule has 17 heteroatoms. The molecule has 2 heterocycles. The molecule has 2 aromatic heterocycles. The highest BCUT2D eigenvalue weighted by molar-refractivity contribution is 7.88. The van der Waals surface area contributed by atoms with Crippen molar-refractivity contribution in [2.24, 2.45) is 17.6 Å². The van der Waals surface area contributed by atoms with Gasteiger partial charge in [0, 0.05) is 32.2 Å². The number of alkyl halides is 3. The van der Waals surface area contributed by atoms with Gasteiger partial charge in [-0.15, -0.1) is 10.2 Å². The molecule has 4 rings (SSSR count). The van der Waals surface area contributed by atoms with Crippen molar-refractivity contribution in [2.75, 3.05) is 38.0 Å². The third kappa shape index (κ3) is 8.91. The Bertz CT molecular complexity index is 1610. The first-order valence-corrected chi connectivity index (χ1v) is 16.1. The number of aromatic nitrogens is 3. The van der Waals surface area contributed by atoms with Gasteiger partial charge in [-0.3, -0.25) is 0 Å². The normalized spacial score (nSPS) is 18.1. The van der Waals surface area contributed by atoms with Crippen LogP contribution in [0, 0.1) is 11.8 Å². The van der Waals surface area contributed by atoms with Crippen molar-refractivity contribution in [2.45, 2.75) is 44.9 Å². The van der Waals surface area contributed by atoms with E-state index in [1.807, 2.05) is 35.2 Å². The first-order chi connectivity index (χ1) is 21.0. The van der Waals surface area contributed by atoms with Crippen LogP contribution in [0.15, 0.2) is 40.8 Å². The number of rotatable bonds is 14. The summed E-state index contributed by atoms with van der Waals surface area (Å²) in [4.78, 5) is 22.2. The van der Waals surface area contributed by atoms with Crippen LogP contribution in [0.1, 0.15) is 37.4 Å². The molecule has 3 atom stereocenters. The van der Waals surface area contributed by atoms with Crippen LogP contribution >= 0.6 is 11.6 Å². The molecule has 1 aliphatic carbocycles. The van der Waals surface area contributed by atoms with Crippen LogP contribution in [0.25, 0.3) is 11.5 Å². The number of halogens is 4. The fourth-order valence-electron chi connectivity index (χ4n) is 4.58. The molecule has 0 amide bonds. The Morgan fingerprint density at radius 1 is 1.22 bits per heavy atom. The van der Waals surface area contributed by atoms with E-state index in [4.69, 9.17) is 26.5 Å². The molecule has 0 aliphatic heterocycles. The molecule has 45 heavy (non-hydrogen) atoms. The number of benzene rings is 1. The molecule has 0 bridgehead atoms. The van der Waals surface area contributed by atoms with E-state index in [-0.39, 0.29) is 39.0 Å². The van der Waals surface area contributed by atoms with E-state index in [0.29, 0.717) is 43.6 Å². The van der Waals surface area contributed by atoms with Crippen molar-refractivity contribution in [1.82, 2.24) is 19.6 Å². The Hall–Kier alpha value is -3.31. The van der Waals surface area contributed by atoms with E-state index in [0.717, 1.165) is 12.0 Å². The minimum atomic E-state index is -5.46. The second-order valence-corrected chi connectivity index (χ2v) is 13.5. The number of hydroxylamine groups is 1. The van der Waals surface area contributed by atoms with Crippen LogP contribution in [0.3, 0.4) is 0 Å². The van der Waals surface area contributed by atoms with Gasteiger partial charge >= 0.3 is 12.1 Å². The predicted octanol–water partition coefficient (Wildman–Crippen LogP) is 4.09. The fourth-order valence-corrected chi connectivity index (χ4v) is 5.38. The number of ether oxygens (including phenoxy) is 1. The van der Waals surface area contributed by atoms with Gasteiger partial charge in [-0.05, 0) is 41.3 Å². The Morgan fingerprint density at radius 3 is 2.47 bits per heavy atom. The molecule has 2 N–H and O–H groups in total. The number of methoxy groups -OCH3 is 1. The van der Waals surface area contributed by atoms with Gasteiger partial charge in [0.15, 0.2) is 0 Å². The first-order valence-electron chi connectivity index (χ1n) is 13.9. The number of carbonyl (C=O) groups is 1. The van der Waals surface area contributed by atoms with E-state index >= 15 is 0 Å². The molecule has 1 aliphatic rings. The van der Waals surface area contributed by atoms with Crippen LogP contribution in [-0.4, -0.2) is 73.3 Å². The Morgan fingerprint density at radius 2 is 1.89 bits per heavy atom. The van der Waals surface area contributed by atoms with Gasteiger partial charge in [-0.25, -0.2) is 18.2 Å². The summed E-state index contributed by atoms with van der Waals surface area (Å²) in [5.74, 6) is -1.50. The summed E-state index contributed by atoms with van der Waals surface area (Å²) in [6, 6.07) is 10.9. The predicted molar refractivity (Wildman–Crippen MR) is 158 cm³/mol. The summed E-state index contributed by atoms with van der Waals surface area (Å²) >= 11 is 6.68. The summed E-state index contributed by atoms with van der Waals surface area (Å²) in [6.45, 7) is 4.22. The van der Waals surface area contributed by atoms with Gasteiger partial charge in [-0.1, -0.05) is 48.9 Å². The number of hydrogen-bond acceptors (Lipinski definition) is 11. The summed E-state index contributed by atoms with van der Waals surface area (Å²) in [7, 11) is -2.99. The number of nitrogens with two attached hydrogens (primary N) is 1. The lowest BCUT2D eigenvalue weighted by molar-refractivity contribution is -0.223. The van der Waals surface area contributed by atoms with Crippen LogP contribution in [-0.2, 0) is 42.9 Å². The molecular formula is C28H34ClF3N6O6S. The van der Waals surface area contributed by atoms with Crippen molar-refractivity contribution < 1.29 is 40.4 Å². The maximum Gasteiger partial charge on any atom is 0.492 e. The van der Waals surface area contributed by atoms with Gasteiger partial charge in [-0.2, -0.15) is 13.2 Å². The second-order valence-electron chi connectivity index (χ2n) is 11.3. The largest absolute Gasteiger partial charge is 0.492 e. The molecule has 0 spiro atoms. The SMILES string of the molecule is COCCN(CC1CC1C)c1cc(-c2nnc(CC(C)(N)c3ccccc3)o2)c(Cl)c(CN(OC(=O)C(F)(F)F)S(C)(=O)=O)n1. The maximum atomic E-state index is 13.0. The fraction of sp³-hybridized carbons (Fsp3) is 0.500. The van der Waals surface area contributed by atoms with E-state index in [2.05, 4.69) is 26.9 Å². The molecule has 246 valence electrons. The second kappa shape index (κ2) is 13.6. The highest BCUT2D eigenvalue weighted by Gasteiger charge is 2.44. The average Bonchev–Trinajstić information content (AvgIpc) is 3.46. The van der Waals surface area contributed by atoms with Crippen molar-refractivity contribution in [3.8, 4) is 11.5 Å². The molecule has 1 saturated carbocycles. The van der Waals surface area contributed by atoms with Gasteiger partial charge in [0.2, 0.25) is 21.8 Å². The van der Waals surface area contributed by atoms with E-state index in [1.165, 1.54) is 7.11 Å². The van der Waals surface area contributed by atoms with Crippen LogP contribution in [0.4, 0.5) is 19.0 Å². The summed E-state index contributed by atoms with van der Waals surface area (Å²) in [6.07, 6.45) is -3.74. The zero-order chi connectivity index (χ0) is 33.2. The standard InChI is InChI=1S/C28H34ClF3N6O6S/c1-17-12-18(17)15-37(10-11-42-3)22-13-20(25-36-35-23(43-25)14-27(2,33)19-8-6-5-7-9-19)24(29)21(34-22)16-38(45(4,40)41)44-26(39)28(30,31)32/h5-9,13,17-18H,10-12,14-16,33H2,1-4H3. The zero-order valence-electron chi connectivity index (χ0n) is 25.0. The summed E-state index contributed by atoms with van der Waals surface area (Å²) < 4.78 is 74.8. The smallest absolute Gasteiger partial charge is 0.421 e. The maximum absolute atomic E-state index is 13.0.